The van der Waals surface area contributed by atoms with Crippen LogP contribution in [0.3, 0.4) is 0 Å². The van der Waals surface area contributed by atoms with E-state index < -0.39 is 11.1 Å². The van der Waals surface area contributed by atoms with Crippen molar-refractivity contribution in [1.82, 2.24) is 0 Å². The zero-order chi connectivity index (χ0) is 17.1. The van der Waals surface area contributed by atoms with E-state index in [2.05, 4.69) is 6.07 Å². The number of fused-ring (bicyclic) bond motifs is 1. The first-order chi connectivity index (χ1) is 11.4. The van der Waals surface area contributed by atoms with E-state index >= 15 is 0 Å². The van der Waals surface area contributed by atoms with E-state index in [1.54, 1.807) is 6.92 Å². The molecule has 1 aromatic rings. The Morgan fingerprint density at radius 1 is 1.17 bits per heavy atom. The van der Waals surface area contributed by atoms with Crippen LogP contribution in [-0.2, 0) is 9.53 Å². The molecule has 1 aliphatic carbocycles. The predicted octanol–water partition coefficient (Wildman–Crippen LogP) is 3.38. The van der Waals surface area contributed by atoms with E-state index in [1.807, 2.05) is 56.3 Å². The Balaban J connectivity index is 2.02. The highest BCUT2D eigenvalue weighted by molar-refractivity contribution is 6.33. The minimum atomic E-state index is -1.30. The van der Waals surface area contributed by atoms with E-state index in [-0.39, 0.29) is 5.78 Å². The molecule has 3 heterocycles. The molecule has 0 aromatic heterocycles. The summed E-state index contributed by atoms with van der Waals surface area (Å²) < 4.78 is 6.22. The monoisotopic (exact) mass is 316 g/mol. The highest BCUT2D eigenvalue weighted by Gasteiger charge is 2.59. The van der Waals surface area contributed by atoms with Crippen molar-refractivity contribution in [3.63, 3.8) is 0 Å². The van der Waals surface area contributed by atoms with Crippen molar-refractivity contribution in [3.8, 4) is 6.07 Å². The maximum Gasteiger partial charge on any atom is 0.235 e. The Bertz CT molecular complexity index is 944. The van der Waals surface area contributed by atoms with Gasteiger partial charge in [-0.2, -0.15) is 5.26 Å². The Labute approximate surface area is 140 Å². The van der Waals surface area contributed by atoms with Crippen LogP contribution >= 0.6 is 0 Å². The number of carbonyl (C=O) groups excluding carboxylic acids is 1. The van der Waals surface area contributed by atoms with Crippen LogP contribution in [0.4, 0.5) is 0 Å². The highest BCUT2D eigenvalue weighted by Crippen LogP contribution is 2.49. The second-order valence-electron chi connectivity index (χ2n) is 6.64. The molecule has 4 nitrogen and oxygen atoms in total. The first-order valence-corrected chi connectivity index (χ1v) is 7.85. The molecule has 0 radical (unpaired) electrons. The molecule has 2 bridgehead atoms. The second-order valence-corrected chi connectivity index (χ2v) is 6.64. The quantitative estimate of drug-likeness (QED) is 0.746. The van der Waals surface area contributed by atoms with Crippen LogP contribution in [0.5, 0.6) is 0 Å². The first-order valence-electron chi connectivity index (χ1n) is 7.85. The molecule has 1 aromatic carbocycles. The number of nitrogens with zero attached hydrogens (tertiary/aromatic N) is 2. The summed E-state index contributed by atoms with van der Waals surface area (Å²) in [7, 11) is 0. The number of nitriles is 1. The lowest BCUT2D eigenvalue weighted by atomic mass is 9.79. The fourth-order valence-electron chi connectivity index (χ4n) is 3.84. The lowest BCUT2D eigenvalue weighted by molar-refractivity contribution is -0.124. The van der Waals surface area contributed by atoms with Crippen molar-refractivity contribution in [3.05, 3.63) is 64.8 Å². The van der Waals surface area contributed by atoms with Crippen molar-refractivity contribution in [1.29, 1.82) is 5.26 Å². The van der Waals surface area contributed by atoms with Crippen LogP contribution in [-0.4, -0.2) is 22.6 Å². The third-order valence-electron chi connectivity index (χ3n) is 4.80. The molecule has 24 heavy (non-hydrogen) atoms. The zero-order valence-corrected chi connectivity index (χ0v) is 13.8. The number of carbonyl (C=O) groups is 1. The number of hydrogen-bond acceptors (Lipinski definition) is 4. The van der Waals surface area contributed by atoms with Gasteiger partial charge >= 0.3 is 0 Å². The normalized spacial score (nSPS) is 30.8. The van der Waals surface area contributed by atoms with Crippen LogP contribution in [0, 0.1) is 11.3 Å². The Hall–Kier alpha value is -2.93. The average Bonchev–Trinajstić information content (AvgIpc) is 2.83. The molecule has 0 unspecified atom stereocenters. The van der Waals surface area contributed by atoms with Crippen LogP contribution < -0.4 is 0 Å². The van der Waals surface area contributed by atoms with Gasteiger partial charge in [-0.15, -0.1) is 0 Å². The van der Waals surface area contributed by atoms with Gasteiger partial charge < -0.3 is 4.74 Å². The molecule has 0 fully saturated rings. The lowest BCUT2D eigenvalue weighted by Crippen LogP contribution is -2.49. The minimum Gasteiger partial charge on any atom is -0.466 e. The molecular formula is C20H16N2O2. The fourth-order valence-corrected chi connectivity index (χ4v) is 3.84. The summed E-state index contributed by atoms with van der Waals surface area (Å²) in [5, 5.41) is 9.76. The molecule has 0 saturated heterocycles. The Morgan fingerprint density at radius 3 is 2.54 bits per heavy atom. The van der Waals surface area contributed by atoms with E-state index in [0.717, 1.165) is 11.1 Å². The molecular weight excluding hydrogens is 300 g/mol. The molecule has 0 N–H and O–H groups in total. The lowest BCUT2D eigenvalue weighted by Gasteiger charge is -2.33. The fraction of sp³-hybridized carbons (Fsp3) is 0.250. The zero-order valence-electron chi connectivity index (χ0n) is 13.8. The predicted molar refractivity (Wildman–Crippen MR) is 91.2 cm³/mol. The summed E-state index contributed by atoms with van der Waals surface area (Å²) in [6.45, 7) is 5.59. The van der Waals surface area contributed by atoms with Crippen LogP contribution in [0.1, 0.15) is 26.3 Å². The summed E-state index contributed by atoms with van der Waals surface area (Å²) in [6, 6.07) is 11.6. The second kappa shape index (κ2) is 4.55. The van der Waals surface area contributed by atoms with Gasteiger partial charge in [-0.1, -0.05) is 30.3 Å². The first kappa shape index (κ1) is 14.6. The molecule has 2 atom stereocenters. The number of hydrogen-bond donors (Lipinski definition) is 0. The average molecular weight is 316 g/mol. The van der Waals surface area contributed by atoms with Crippen molar-refractivity contribution in [2.75, 3.05) is 0 Å². The number of Topliss-reactive ketones (excluding diaryl/α,β-unsaturated/α-hetero) is 1. The van der Waals surface area contributed by atoms with E-state index in [0.29, 0.717) is 22.6 Å². The van der Waals surface area contributed by atoms with Gasteiger partial charge in [0.25, 0.3) is 0 Å². The Kier molecular flexibility index (Phi) is 2.77. The molecule has 4 heteroatoms. The summed E-state index contributed by atoms with van der Waals surface area (Å²) in [4.78, 5) is 17.9. The SMILES string of the molecule is CC1=C[C@]2(C)C=C(C)[C@]3(OC(c4ccccc4)=C(C#N)C3=N2)C1=O. The van der Waals surface area contributed by atoms with Gasteiger partial charge in [0.05, 0.1) is 5.54 Å². The summed E-state index contributed by atoms with van der Waals surface area (Å²) >= 11 is 0. The maximum atomic E-state index is 13.1. The molecule has 3 aliphatic heterocycles. The van der Waals surface area contributed by atoms with Gasteiger partial charge in [0.1, 0.15) is 23.1 Å². The van der Waals surface area contributed by atoms with Gasteiger partial charge in [0.15, 0.2) is 0 Å². The van der Waals surface area contributed by atoms with Crippen LogP contribution in [0.25, 0.3) is 5.76 Å². The smallest absolute Gasteiger partial charge is 0.235 e. The van der Waals surface area contributed by atoms with E-state index in [1.165, 1.54) is 0 Å². The third-order valence-corrected chi connectivity index (χ3v) is 4.80. The van der Waals surface area contributed by atoms with Crippen molar-refractivity contribution in [2.24, 2.45) is 4.99 Å². The molecule has 4 aliphatic rings. The summed E-state index contributed by atoms with van der Waals surface area (Å²) in [6.07, 6.45) is 3.80. The molecule has 0 saturated carbocycles. The molecule has 0 amide bonds. The van der Waals surface area contributed by atoms with Gasteiger partial charge in [-0.25, -0.2) is 0 Å². The topological polar surface area (TPSA) is 62.4 Å². The van der Waals surface area contributed by atoms with Crippen molar-refractivity contribution < 1.29 is 9.53 Å². The Morgan fingerprint density at radius 2 is 1.88 bits per heavy atom. The van der Waals surface area contributed by atoms with Gasteiger partial charge in [-0.3, -0.25) is 9.79 Å². The van der Waals surface area contributed by atoms with E-state index in [9.17, 15) is 10.1 Å². The largest absolute Gasteiger partial charge is 0.466 e. The number of rotatable bonds is 1. The van der Waals surface area contributed by atoms with Crippen LogP contribution in [0.15, 0.2) is 64.2 Å². The van der Waals surface area contributed by atoms with E-state index in [4.69, 9.17) is 9.73 Å². The van der Waals surface area contributed by atoms with Crippen LogP contribution in [0.2, 0.25) is 0 Å². The molecule has 1 spiro atoms. The number of aliphatic imine (C=N–C) groups is 1. The van der Waals surface area contributed by atoms with Crippen molar-refractivity contribution in [2.45, 2.75) is 31.9 Å². The highest BCUT2D eigenvalue weighted by atomic mass is 16.5. The number of benzene rings is 1. The van der Waals surface area contributed by atoms with Gasteiger partial charge in [0, 0.05) is 5.56 Å². The molecule has 118 valence electrons. The number of dihydropyridines is 1. The number of ketones is 1. The molecule has 5 rings (SSSR count). The summed E-state index contributed by atoms with van der Waals surface area (Å²) in [5.41, 5.74) is 1.02. The third kappa shape index (κ3) is 1.67. The maximum absolute atomic E-state index is 13.1. The summed E-state index contributed by atoms with van der Waals surface area (Å²) in [5.74, 6) is 0.284. The van der Waals surface area contributed by atoms with Crippen molar-refractivity contribution >= 4 is 17.3 Å². The minimum absolute atomic E-state index is 0.144. The number of ether oxygens (including phenoxy) is 1. The van der Waals surface area contributed by atoms with Gasteiger partial charge in [0.2, 0.25) is 11.4 Å². The van der Waals surface area contributed by atoms with Gasteiger partial charge in [-0.05, 0) is 44.1 Å². The standard InChI is InChI=1S/C20H16N2O2/c1-12-9-19(3)10-13(2)20(18(12)23)17(22-19)15(11-21)16(24-20)14-7-5-4-6-8-14/h4-10H,1-3H3/t19-,20-/m1/s1.